The first-order valence-electron chi connectivity index (χ1n) is 5.46. The van der Waals surface area contributed by atoms with E-state index in [0.29, 0.717) is 5.69 Å². The molecule has 0 saturated heterocycles. The summed E-state index contributed by atoms with van der Waals surface area (Å²) in [5.74, 6) is -1.55. The molecule has 0 spiro atoms. The average molecular weight is 252 g/mol. The lowest BCUT2D eigenvalue weighted by Gasteiger charge is -2.24. The van der Waals surface area contributed by atoms with Crippen molar-refractivity contribution in [1.29, 1.82) is 0 Å². The van der Waals surface area contributed by atoms with E-state index >= 15 is 0 Å². The molecule has 7 heteroatoms. The first kappa shape index (κ1) is 14.0. The Morgan fingerprint density at radius 3 is 2.67 bits per heavy atom. The first-order chi connectivity index (χ1) is 8.41. The standard InChI is InChI=1S/C11H16N4O3/c1-7(2)15(5-10(12)16)4-9-8(11(17)18)3-13-6-14-9/h3,6-7H,4-5H2,1-2H3,(H2,12,16)(H,17,18). The van der Waals surface area contributed by atoms with Gasteiger partial charge in [-0.3, -0.25) is 9.69 Å². The number of carboxylic acid groups (broad SMARTS) is 1. The zero-order chi connectivity index (χ0) is 13.7. The van der Waals surface area contributed by atoms with Crippen molar-refractivity contribution in [1.82, 2.24) is 14.9 Å². The van der Waals surface area contributed by atoms with E-state index in [-0.39, 0.29) is 24.7 Å². The van der Waals surface area contributed by atoms with Crippen molar-refractivity contribution in [3.63, 3.8) is 0 Å². The number of aromatic carboxylic acids is 1. The topological polar surface area (TPSA) is 109 Å². The molecular formula is C11H16N4O3. The van der Waals surface area contributed by atoms with Crippen LogP contribution in [-0.4, -0.2) is 44.4 Å². The van der Waals surface area contributed by atoms with Crippen molar-refractivity contribution >= 4 is 11.9 Å². The fourth-order valence-electron chi connectivity index (χ4n) is 1.47. The second kappa shape index (κ2) is 6.06. The van der Waals surface area contributed by atoms with Gasteiger partial charge in [-0.2, -0.15) is 0 Å². The molecule has 0 aliphatic heterocycles. The Labute approximate surface area is 105 Å². The van der Waals surface area contributed by atoms with E-state index in [4.69, 9.17) is 10.8 Å². The minimum atomic E-state index is -1.09. The van der Waals surface area contributed by atoms with Crippen LogP contribution >= 0.6 is 0 Å². The molecule has 0 atom stereocenters. The highest BCUT2D eigenvalue weighted by atomic mass is 16.4. The molecule has 7 nitrogen and oxygen atoms in total. The molecule has 0 radical (unpaired) electrons. The van der Waals surface area contributed by atoms with Crippen molar-refractivity contribution in [2.45, 2.75) is 26.4 Å². The van der Waals surface area contributed by atoms with Crippen LogP contribution in [0.3, 0.4) is 0 Å². The van der Waals surface area contributed by atoms with Gasteiger partial charge in [-0.05, 0) is 13.8 Å². The molecule has 1 aromatic rings. The van der Waals surface area contributed by atoms with Crippen LogP contribution in [0.4, 0.5) is 0 Å². The monoisotopic (exact) mass is 252 g/mol. The van der Waals surface area contributed by atoms with Crippen LogP contribution in [0, 0.1) is 0 Å². The largest absolute Gasteiger partial charge is 0.478 e. The number of nitrogens with two attached hydrogens (primary N) is 1. The van der Waals surface area contributed by atoms with E-state index in [0.717, 1.165) is 0 Å². The molecule has 1 rings (SSSR count). The number of hydrogen-bond acceptors (Lipinski definition) is 5. The summed E-state index contributed by atoms with van der Waals surface area (Å²) in [4.78, 5) is 31.3. The van der Waals surface area contributed by atoms with E-state index in [1.54, 1.807) is 4.90 Å². The molecule has 0 saturated carbocycles. The summed E-state index contributed by atoms with van der Waals surface area (Å²) >= 11 is 0. The molecular weight excluding hydrogens is 236 g/mol. The van der Waals surface area contributed by atoms with E-state index in [2.05, 4.69) is 9.97 Å². The molecule has 0 aromatic carbocycles. The summed E-state index contributed by atoms with van der Waals surface area (Å²) in [6, 6.07) is 0.0501. The van der Waals surface area contributed by atoms with Crippen molar-refractivity contribution in [2.75, 3.05) is 6.54 Å². The molecule has 98 valence electrons. The highest BCUT2D eigenvalue weighted by Crippen LogP contribution is 2.10. The van der Waals surface area contributed by atoms with E-state index < -0.39 is 11.9 Å². The predicted molar refractivity (Wildman–Crippen MR) is 63.7 cm³/mol. The van der Waals surface area contributed by atoms with Gasteiger partial charge in [-0.25, -0.2) is 14.8 Å². The third-order valence-electron chi connectivity index (χ3n) is 2.47. The fourth-order valence-corrected chi connectivity index (χ4v) is 1.47. The fraction of sp³-hybridized carbons (Fsp3) is 0.455. The van der Waals surface area contributed by atoms with Gasteiger partial charge < -0.3 is 10.8 Å². The summed E-state index contributed by atoms with van der Waals surface area (Å²) in [5, 5.41) is 9.01. The molecule has 1 heterocycles. The van der Waals surface area contributed by atoms with Crippen LogP contribution in [0.15, 0.2) is 12.5 Å². The Hall–Kier alpha value is -2.02. The van der Waals surface area contributed by atoms with Crippen LogP contribution in [-0.2, 0) is 11.3 Å². The van der Waals surface area contributed by atoms with Crippen molar-refractivity contribution in [3.8, 4) is 0 Å². The number of carboxylic acids is 1. The number of amides is 1. The summed E-state index contributed by atoms with van der Waals surface area (Å²) in [5.41, 5.74) is 5.56. The summed E-state index contributed by atoms with van der Waals surface area (Å²) in [7, 11) is 0. The summed E-state index contributed by atoms with van der Waals surface area (Å²) in [6.45, 7) is 4.08. The average Bonchev–Trinajstić information content (AvgIpc) is 2.27. The zero-order valence-corrected chi connectivity index (χ0v) is 10.3. The first-order valence-corrected chi connectivity index (χ1v) is 5.46. The lowest BCUT2D eigenvalue weighted by molar-refractivity contribution is -0.119. The quantitative estimate of drug-likeness (QED) is 0.729. The van der Waals surface area contributed by atoms with E-state index in [1.807, 2.05) is 13.8 Å². The Morgan fingerprint density at radius 2 is 2.17 bits per heavy atom. The van der Waals surface area contributed by atoms with Crippen LogP contribution in [0.1, 0.15) is 29.9 Å². The molecule has 3 N–H and O–H groups in total. The van der Waals surface area contributed by atoms with Gasteiger partial charge in [-0.15, -0.1) is 0 Å². The van der Waals surface area contributed by atoms with E-state index in [1.165, 1.54) is 12.5 Å². The van der Waals surface area contributed by atoms with E-state index in [9.17, 15) is 9.59 Å². The Morgan fingerprint density at radius 1 is 1.50 bits per heavy atom. The number of carbonyl (C=O) groups is 2. The minimum absolute atomic E-state index is 0.0348. The lowest BCUT2D eigenvalue weighted by atomic mass is 10.2. The summed E-state index contributed by atoms with van der Waals surface area (Å²) in [6.07, 6.45) is 2.53. The Bertz CT molecular complexity index is 448. The summed E-state index contributed by atoms with van der Waals surface area (Å²) < 4.78 is 0. The maximum Gasteiger partial charge on any atom is 0.339 e. The second-order valence-corrected chi connectivity index (χ2v) is 4.15. The molecule has 0 aliphatic carbocycles. The highest BCUT2D eigenvalue weighted by Gasteiger charge is 2.18. The number of aromatic nitrogens is 2. The van der Waals surface area contributed by atoms with Crippen LogP contribution in [0.25, 0.3) is 0 Å². The normalized spacial score (nSPS) is 10.9. The smallest absolute Gasteiger partial charge is 0.339 e. The Kier molecular flexibility index (Phi) is 4.73. The maximum atomic E-state index is 11.0. The lowest BCUT2D eigenvalue weighted by Crippen LogP contribution is -2.38. The Balaban J connectivity index is 2.93. The van der Waals surface area contributed by atoms with Crippen molar-refractivity contribution < 1.29 is 14.7 Å². The third kappa shape index (κ3) is 3.77. The van der Waals surface area contributed by atoms with Gasteiger partial charge in [0.1, 0.15) is 11.9 Å². The number of rotatable bonds is 6. The molecule has 0 fully saturated rings. The maximum absolute atomic E-state index is 11.0. The van der Waals surface area contributed by atoms with Crippen LogP contribution in [0.5, 0.6) is 0 Å². The van der Waals surface area contributed by atoms with Crippen LogP contribution < -0.4 is 5.73 Å². The van der Waals surface area contributed by atoms with Gasteiger partial charge in [-0.1, -0.05) is 0 Å². The predicted octanol–water partition coefficient (Wildman–Crippen LogP) is -0.129. The van der Waals surface area contributed by atoms with Crippen molar-refractivity contribution in [3.05, 3.63) is 23.8 Å². The molecule has 0 bridgehead atoms. The SMILES string of the molecule is CC(C)N(CC(N)=O)Cc1ncncc1C(=O)O. The number of carbonyl (C=O) groups excluding carboxylic acids is 1. The second-order valence-electron chi connectivity index (χ2n) is 4.15. The van der Waals surface area contributed by atoms with Gasteiger partial charge in [0.15, 0.2) is 0 Å². The molecule has 1 amide bonds. The molecule has 18 heavy (non-hydrogen) atoms. The van der Waals surface area contributed by atoms with Gasteiger partial charge in [0.25, 0.3) is 0 Å². The minimum Gasteiger partial charge on any atom is -0.478 e. The molecule has 0 aliphatic rings. The number of primary amides is 1. The highest BCUT2D eigenvalue weighted by molar-refractivity contribution is 5.88. The van der Waals surface area contributed by atoms with Gasteiger partial charge in [0.2, 0.25) is 5.91 Å². The molecule has 1 aromatic heterocycles. The van der Waals surface area contributed by atoms with Crippen molar-refractivity contribution in [2.24, 2.45) is 5.73 Å². The number of nitrogens with zero attached hydrogens (tertiary/aromatic N) is 3. The van der Waals surface area contributed by atoms with Gasteiger partial charge in [0.05, 0.1) is 12.2 Å². The third-order valence-corrected chi connectivity index (χ3v) is 2.47. The number of hydrogen-bond donors (Lipinski definition) is 2. The molecule has 0 unspecified atom stereocenters. The zero-order valence-electron chi connectivity index (χ0n) is 10.3. The van der Waals surface area contributed by atoms with Gasteiger partial charge in [0, 0.05) is 18.8 Å². The van der Waals surface area contributed by atoms with Crippen LogP contribution in [0.2, 0.25) is 0 Å². The van der Waals surface area contributed by atoms with Gasteiger partial charge >= 0.3 is 5.97 Å².